The van der Waals surface area contributed by atoms with E-state index in [9.17, 15) is 19.2 Å². The summed E-state index contributed by atoms with van der Waals surface area (Å²) in [5.74, 6) is -1.53. The van der Waals surface area contributed by atoms with Gasteiger partial charge in [-0.1, -0.05) is 33.9 Å². The Morgan fingerprint density at radius 3 is 2.72 bits per heavy atom. The van der Waals surface area contributed by atoms with E-state index in [2.05, 4.69) is 25.0 Å². The maximum Gasteiger partial charge on any atom is 0.516 e. The van der Waals surface area contributed by atoms with E-state index < -0.39 is 41.6 Å². The van der Waals surface area contributed by atoms with Crippen LogP contribution in [0, 0.1) is 0 Å². The molecule has 3 unspecified atom stereocenters. The maximum absolute atomic E-state index is 13.3. The van der Waals surface area contributed by atoms with Gasteiger partial charge in [-0.25, -0.2) is 9.59 Å². The number of nitrogens with zero attached hydrogens (tertiary/aromatic N) is 5. The average molecular weight is 644 g/mol. The topological polar surface area (TPSA) is 198 Å². The number of esters is 1. The standard InChI is InChI=1S/C25H21N7O8S3/c1-13(38-25(36)39-16-5-3-2-4-6-16)37-23(35)20-14(7-8-15-11-43-31-30-15)10-41-22-19(21(34)32(20)22)28-17(33)9-27-40-18-12-42-24(26)29-18/h2-9,11-13,19,22H,10H2,1H3,(H2,26,29)(H,28,33)/b8-7-,27-9-. The Morgan fingerprint density at radius 1 is 1.19 bits per heavy atom. The highest BCUT2D eigenvalue weighted by atomic mass is 32.2. The molecule has 1 saturated heterocycles. The van der Waals surface area contributed by atoms with Crippen LogP contribution in [0.5, 0.6) is 11.6 Å². The number of thiazole rings is 1. The molecule has 0 bridgehead atoms. The summed E-state index contributed by atoms with van der Waals surface area (Å²) in [6, 6.07) is 7.25. The quantitative estimate of drug-likeness (QED) is 0.0816. The lowest BCUT2D eigenvalue weighted by Crippen LogP contribution is -2.70. The van der Waals surface area contributed by atoms with Crippen molar-refractivity contribution >= 4 is 76.0 Å². The molecular weight excluding hydrogens is 623 g/mol. The highest BCUT2D eigenvalue weighted by Gasteiger charge is 2.54. The number of nitrogens with two attached hydrogens (primary N) is 1. The lowest BCUT2D eigenvalue weighted by atomic mass is 10.0. The number of amides is 2. The van der Waals surface area contributed by atoms with Crippen LogP contribution in [-0.2, 0) is 23.9 Å². The summed E-state index contributed by atoms with van der Waals surface area (Å²) < 4.78 is 19.3. The summed E-state index contributed by atoms with van der Waals surface area (Å²) in [4.78, 5) is 61.2. The number of hydrogen-bond donors (Lipinski definition) is 2. The molecule has 3 atom stereocenters. The van der Waals surface area contributed by atoms with Crippen molar-refractivity contribution in [2.24, 2.45) is 5.16 Å². The van der Waals surface area contributed by atoms with Gasteiger partial charge in [-0.15, -0.1) is 28.2 Å². The molecule has 2 aromatic heterocycles. The minimum absolute atomic E-state index is 0.0660. The number of para-hydroxylation sites is 1. The average Bonchev–Trinajstić information content (AvgIpc) is 3.66. The molecule has 2 amide bonds. The van der Waals surface area contributed by atoms with Crippen molar-refractivity contribution in [1.82, 2.24) is 24.8 Å². The number of oxime groups is 1. The van der Waals surface area contributed by atoms with Crippen LogP contribution in [0.3, 0.4) is 0 Å². The summed E-state index contributed by atoms with van der Waals surface area (Å²) in [7, 11) is 0. The highest BCUT2D eigenvalue weighted by molar-refractivity contribution is 8.00. The third-order valence-corrected chi connectivity index (χ3v) is 8.09. The fraction of sp³-hybridized carbons (Fsp3) is 0.200. The third kappa shape index (κ3) is 7.34. The zero-order valence-electron chi connectivity index (χ0n) is 22.0. The number of allylic oxidation sites excluding steroid dienone is 1. The first kappa shape index (κ1) is 29.7. The second-order valence-electron chi connectivity index (χ2n) is 8.54. The molecule has 0 saturated carbocycles. The second kappa shape index (κ2) is 13.4. The van der Waals surface area contributed by atoms with Crippen LogP contribution in [0.1, 0.15) is 12.6 Å². The van der Waals surface area contributed by atoms with Crippen molar-refractivity contribution in [3.05, 3.63) is 64.1 Å². The number of anilines is 1. The fourth-order valence-electron chi connectivity index (χ4n) is 3.80. The molecule has 1 fully saturated rings. The van der Waals surface area contributed by atoms with Crippen LogP contribution in [0.15, 0.2) is 63.6 Å². The maximum atomic E-state index is 13.3. The summed E-state index contributed by atoms with van der Waals surface area (Å²) in [6.07, 6.45) is 1.68. The molecule has 15 nitrogen and oxygen atoms in total. The van der Waals surface area contributed by atoms with Gasteiger partial charge in [0, 0.05) is 18.1 Å². The molecule has 3 N–H and O–H groups in total. The Bertz CT molecular complexity index is 1590. The van der Waals surface area contributed by atoms with Gasteiger partial charge in [0.15, 0.2) is 5.13 Å². The Hall–Kier alpha value is -4.81. The molecule has 5 rings (SSSR count). The predicted octanol–water partition coefficient (Wildman–Crippen LogP) is 2.41. The van der Waals surface area contributed by atoms with Crippen LogP contribution in [0.25, 0.3) is 6.08 Å². The van der Waals surface area contributed by atoms with E-state index in [1.54, 1.807) is 47.9 Å². The Labute approximate surface area is 255 Å². The number of thioether (sulfide) groups is 1. The number of rotatable bonds is 10. The largest absolute Gasteiger partial charge is 0.516 e. The molecular formula is C25H21N7O8S3. The first-order valence-corrected chi connectivity index (χ1v) is 15.0. The van der Waals surface area contributed by atoms with E-state index in [-0.39, 0.29) is 28.2 Å². The number of nitrogens with one attached hydrogen (secondary N) is 1. The van der Waals surface area contributed by atoms with E-state index in [1.165, 1.54) is 29.0 Å². The monoisotopic (exact) mass is 643 g/mol. The van der Waals surface area contributed by atoms with Crippen LogP contribution < -0.4 is 20.6 Å². The van der Waals surface area contributed by atoms with Gasteiger partial charge in [0.2, 0.25) is 6.29 Å². The van der Waals surface area contributed by atoms with Crippen molar-refractivity contribution in [2.75, 3.05) is 11.5 Å². The van der Waals surface area contributed by atoms with Crippen molar-refractivity contribution in [3.8, 4) is 11.6 Å². The summed E-state index contributed by atoms with van der Waals surface area (Å²) in [5.41, 5.74) is 6.46. The van der Waals surface area contributed by atoms with E-state index in [0.717, 1.165) is 29.1 Å². The number of β-lactam (4-membered cyclic amide) rings is 1. The number of carbonyl (C=O) groups is 4. The summed E-state index contributed by atoms with van der Waals surface area (Å²) >= 11 is 3.62. The minimum Gasteiger partial charge on any atom is -0.421 e. The molecule has 0 spiro atoms. The van der Waals surface area contributed by atoms with Crippen LogP contribution >= 0.6 is 34.6 Å². The lowest BCUT2D eigenvalue weighted by molar-refractivity contribution is -0.167. The Kier molecular flexibility index (Phi) is 9.28. The summed E-state index contributed by atoms with van der Waals surface area (Å²) in [6.45, 7) is 1.33. The van der Waals surface area contributed by atoms with Crippen molar-refractivity contribution in [1.29, 1.82) is 0 Å². The number of benzene rings is 1. The SMILES string of the molecule is CC(OC(=O)Oc1ccccc1)OC(=O)C1=C(/C=C\c2csnn2)CSC2C(NC(=O)/C=N\Oc3csc(N)n3)C(=O)N12. The fourth-order valence-corrected chi connectivity index (χ4v) is 6.00. The van der Waals surface area contributed by atoms with Crippen LogP contribution in [0.2, 0.25) is 0 Å². The molecule has 18 heteroatoms. The molecule has 1 aromatic carbocycles. The van der Waals surface area contributed by atoms with Crippen molar-refractivity contribution in [2.45, 2.75) is 24.6 Å². The second-order valence-corrected chi connectivity index (χ2v) is 11.1. The molecule has 2 aliphatic heterocycles. The molecule has 43 heavy (non-hydrogen) atoms. The zero-order valence-corrected chi connectivity index (χ0v) is 24.5. The molecule has 3 aromatic rings. The third-order valence-electron chi connectivity index (χ3n) is 5.62. The van der Waals surface area contributed by atoms with E-state index in [4.69, 9.17) is 24.8 Å². The van der Waals surface area contributed by atoms with Gasteiger partial charge in [-0.05, 0) is 35.3 Å². The van der Waals surface area contributed by atoms with E-state index in [1.807, 2.05) is 0 Å². The number of carbonyl (C=O) groups excluding carboxylic acids is 4. The van der Waals surface area contributed by atoms with Gasteiger partial charge >= 0.3 is 12.1 Å². The van der Waals surface area contributed by atoms with Gasteiger partial charge in [0.25, 0.3) is 17.7 Å². The number of hydrogen-bond acceptors (Lipinski definition) is 16. The van der Waals surface area contributed by atoms with E-state index >= 15 is 0 Å². The van der Waals surface area contributed by atoms with Gasteiger partial charge in [0.05, 0.1) is 11.1 Å². The highest BCUT2D eigenvalue weighted by Crippen LogP contribution is 2.41. The van der Waals surface area contributed by atoms with Crippen LogP contribution in [-0.4, -0.2) is 73.1 Å². The minimum atomic E-state index is -1.35. The molecule has 2 aliphatic rings. The smallest absolute Gasteiger partial charge is 0.421 e. The first-order valence-electron chi connectivity index (χ1n) is 12.3. The molecule has 0 radical (unpaired) electrons. The van der Waals surface area contributed by atoms with Crippen molar-refractivity contribution < 1.29 is 38.2 Å². The number of aromatic nitrogens is 3. The Balaban J connectivity index is 1.26. The number of nitrogen functional groups attached to an aromatic ring is 1. The first-order chi connectivity index (χ1) is 20.8. The van der Waals surface area contributed by atoms with Gasteiger partial charge < -0.3 is 30.1 Å². The van der Waals surface area contributed by atoms with E-state index in [0.29, 0.717) is 11.3 Å². The van der Waals surface area contributed by atoms with Gasteiger partial charge in [0.1, 0.15) is 29.1 Å². The van der Waals surface area contributed by atoms with Gasteiger partial charge in [-0.2, -0.15) is 4.98 Å². The molecule has 222 valence electrons. The normalized spacial score (nSPS) is 18.6. The van der Waals surface area contributed by atoms with Crippen molar-refractivity contribution in [3.63, 3.8) is 0 Å². The van der Waals surface area contributed by atoms with Crippen LogP contribution in [0.4, 0.5) is 9.93 Å². The summed E-state index contributed by atoms with van der Waals surface area (Å²) in [5, 5.41) is 12.9. The van der Waals surface area contributed by atoms with Gasteiger partial charge in [-0.3, -0.25) is 14.5 Å². The zero-order chi connectivity index (χ0) is 30.3. The molecule has 4 heterocycles. The molecule has 0 aliphatic carbocycles. The Morgan fingerprint density at radius 2 is 2.00 bits per heavy atom. The number of fused-ring (bicyclic) bond motifs is 1. The number of ether oxygens (including phenoxy) is 3. The lowest BCUT2D eigenvalue weighted by Gasteiger charge is -2.49. The predicted molar refractivity (Wildman–Crippen MR) is 156 cm³/mol.